The van der Waals surface area contributed by atoms with Crippen molar-refractivity contribution in [3.63, 3.8) is 0 Å². The van der Waals surface area contributed by atoms with Crippen LogP contribution in [-0.4, -0.2) is 41.7 Å². The van der Waals surface area contributed by atoms with Gasteiger partial charge in [-0.25, -0.2) is 0 Å². The SMILES string of the molecule is CCC(=O)NC1=CC(C(C)NC(=O)c2c#cc(OC(F)(F)F)cc2)=CC2CN12. The molecule has 1 saturated heterocycles. The van der Waals surface area contributed by atoms with Crippen molar-refractivity contribution in [2.24, 2.45) is 0 Å². The Hall–Kier alpha value is -3.15. The number of ether oxygens (including phenoxy) is 1. The highest BCUT2D eigenvalue weighted by atomic mass is 19.4. The molecule has 0 spiro atoms. The first-order valence-electron chi connectivity index (χ1n) is 8.67. The van der Waals surface area contributed by atoms with Crippen LogP contribution in [0, 0.1) is 12.1 Å². The fourth-order valence-corrected chi connectivity index (χ4v) is 2.74. The van der Waals surface area contributed by atoms with E-state index >= 15 is 0 Å². The fourth-order valence-electron chi connectivity index (χ4n) is 2.74. The lowest BCUT2D eigenvalue weighted by Gasteiger charge is -2.21. The van der Waals surface area contributed by atoms with Gasteiger partial charge >= 0.3 is 6.36 Å². The molecule has 0 radical (unpaired) electrons. The number of amides is 2. The van der Waals surface area contributed by atoms with E-state index in [1.165, 1.54) is 6.07 Å². The lowest BCUT2D eigenvalue weighted by molar-refractivity contribution is -0.274. The van der Waals surface area contributed by atoms with Gasteiger partial charge in [0.25, 0.3) is 5.91 Å². The molecule has 2 N–H and O–H groups in total. The molecule has 0 saturated carbocycles. The van der Waals surface area contributed by atoms with Crippen molar-refractivity contribution in [2.45, 2.75) is 38.7 Å². The summed E-state index contributed by atoms with van der Waals surface area (Å²) in [4.78, 5) is 26.0. The highest BCUT2D eigenvalue weighted by Gasteiger charge is 2.38. The maximum atomic E-state index is 12.3. The molecule has 2 heterocycles. The number of rotatable bonds is 6. The van der Waals surface area contributed by atoms with Gasteiger partial charge in [0.1, 0.15) is 5.82 Å². The third-order valence-corrected chi connectivity index (χ3v) is 4.28. The number of alkyl halides is 3. The molecule has 2 aliphatic rings. The molecule has 2 amide bonds. The maximum absolute atomic E-state index is 12.3. The molecular weight excluding hydrogens is 375 g/mol. The van der Waals surface area contributed by atoms with Crippen LogP contribution in [0.25, 0.3) is 0 Å². The predicted octanol–water partition coefficient (Wildman–Crippen LogP) is 2.30. The first kappa shape index (κ1) is 19.6. The van der Waals surface area contributed by atoms with Gasteiger partial charge in [0, 0.05) is 13.0 Å². The van der Waals surface area contributed by atoms with Crippen LogP contribution in [0.15, 0.2) is 35.7 Å². The van der Waals surface area contributed by atoms with Crippen LogP contribution in [0.5, 0.6) is 5.75 Å². The van der Waals surface area contributed by atoms with Gasteiger partial charge in [-0.05, 0) is 36.8 Å². The lowest BCUT2D eigenvalue weighted by atomic mass is 10.0. The predicted molar refractivity (Wildman–Crippen MR) is 92.8 cm³/mol. The molecule has 0 bridgehead atoms. The molecule has 2 aliphatic heterocycles. The minimum absolute atomic E-state index is 0.0364. The van der Waals surface area contributed by atoms with Crippen LogP contribution in [0.2, 0.25) is 0 Å². The third-order valence-electron chi connectivity index (χ3n) is 4.28. The largest absolute Gasteiger partial charge is 0.573 e. The number of hydrogen-bond donors (Lipinski definition) is 2. The normalized spacial score (nSPS) is 18.8. The van der Waals surface area contributed by atoms with Crippen LogP contribution < -0.4 is 15.4 Å². The molecule has 1 aromatic carbocycles. The van der Waals surface area contributed by atoms with Gasteiger partial charge < -0.3 is 20.3 Å². The van der Waals surface area contributed by atoms with E-state index in [9.17, 15) is 22.8 Å². The highest BCUT2D eigenvalue weighted by molar-refractivity contribution is 5.94. The van der Waals surface area contributed by atoms with Crippen LogP contribution >= 0.6 is 0 Å². The minimum atomic E-state index is -4.83. The molecule has 1 fully saturated rings. The number of halogens is 3. The number of carbonyl (C=O) groups is 2. The molecule has 2 unspecified atom stereocenters. The molecule has 9 heteroatoms. The van der Waals surface area contributed by atoms with E-state index in [4.69, 9.17) is 0 Å². The summed E-state index contributed by atoms with van der Waals surface area (Å²) in [5.41, 5.74) is 0.869. The smallest absolute Gasteiger partial charge is 0.397 e. The summed E-state index contributed by atoms with van der Waals surface area (Å²) in [6, 6.07) is 6.53. The van der Waals surface area contributed by atoms with E-state index in [1.54, 1.807) is 19.9 Å². The van der Waals surface area contributed by atoms with Crippen LogP contribution in [0.1, 0.15) is 30.6 Å². The van der Waals surface area contributed by atoms with Crippen molar-refractivity contribution in [1.29, 1.82) is 0 Å². The monoisotopic (exact) mass is 393 g/mol. The van der Waals surface area contributed by atoms with Gasteiger partial charge in [-0.3, -0.25) is 9.59 Å². The molecule has 0 aromatic heterocycles. The topological polar surface area (TPSA) is 70.4 Å². The second kappa shape index (κ2) is 7.46. The second-order valence-corrected chi connectivity index (χ2v) is 6.42. The molecule has 0 aliphatic carbocycles. The third kappa shape index (κ3) is 4.76. The molecule has 28 heavy (non-hydrogen) atoms. The summed E-state index contributed by atoms with van der Waals surface area (Å²) in [5.74, 6) is -0.473. The van der Waals surface area contributed by atoms with Crippen LogP contribution in [-0.2, 0) is 4.79 Å². The molecule has 6 nitrogen and oxygen atoms in total. The summed E-state index contributed by atoms with van der Waals surface area (Å²) in [6.45, 7) is 4.34. The standard InChI is InChI=1S/C19H18F3N3O3/c1-3-17(26)24-16-9-13(8-14-10-25(14)16)11(2)23-18(27)12-4-6-15(7-5-12)28-19(20,21)22/h4,6,8-9,11,14H,3,10H2,1-2H3,(H,23,27)(H,24,26). The van der Waals surface area contributed by atoms with E-state index in [-0.39, 0.29) is 23.6 Å². The fraction of sp³-hybridized carbons (Fsp3) is 0.368. The Morgan fingerprint density at radius 1 is 1.36 bits per heavy atom. The maximum Gasteiger partial charge on any atom is 0.573 e. The van der Waals surface area contributed by atoms with Crippen LogP contribution in [0.3, 0.4) is 0 Å². The van der Waals surface area contributed by atoms with Crippen molar-refractivity contribution in [1.82, 2.24) is 15.5 Å². The van der Waals surface area contributed by atoms with Crippen molar-refractivity contribution in [3.8, 4) is 5.75 Å². The number of fused-ring (bicyclic) bond motifs is 1. The Kier molecular flexibility index (Phi) is 5.23. The highest BCUT2D eigenvalue weighted by Crippen LogP contribution is 2.31. The van der Waals surface area contributed by atoms with E-state index < -0.39 is 18.0 Å². The average Bonchev–Trinajstić information content (AvgIpc) is 3.40. The molecule has 148 valence electrons. The lowest BCUT2D eigenvalue weighted by Crippen LogP contribution is -2.35. The van der Waals surface area contributed by atoms with Crippen molar-refractivity contribution >= 4 is 11.8 Å². The first-order valence-corrected chi connectivity index (χ1v) is 8.67. The van der Waals surface area contributed by atoms with Gasteiger partial charge in [-0.2, -0.15) is 0 Å². The summed E-state index contributed by atoms with van der Waals surface area (Å²) in [6.07, 6.45) is -0.660. The summed E-state index contributed by atoms with van der Waals surface area (Å²) < 4.78 is 40.2. The zero-order valence-electron chi connectivity index (χ0n) is 15.2. The van der Waals surface area contributed by atoms with Gasteiger partial charge in [0.15, 0.2) is 5.75 Å². The molecular formula is C19H18F3N3O3. The number of carbonyl (C=O) groups excluding carboxylic acids is 2. The zero-order valence-corrected chi connectivity index (χ0v) is 15.2. The van der Waals surface area contributed by atoms with Crippen molar-refractivity contribution < 1.29 is 27.5 Å². The van der Waals surface area contributed by atoms with Crippen molar-refractivity contribution in [3.05, 3.63) is 53.4 Å². The summed E-state index contributed by atoms with van der Waals surface area (Å²) in [5, 5.41) is 5.60. The number of hydrogen-bond acceptors (Lipinski definition) is 4. The molecule has 2 atom stereocenters. The number of nitrogens with one attached hydrogen (secondary N) is 2. The first-order chi connectivity index (χ1) is 13.2. The molecule has 3 rings (SSSR count). The van der Waals surface area contributed by atoms with Crippen LogP contribution in [0.4, 0.5) is 13.2 Å². The van der Waals surface area contributed by atoms with E-state index in [2.05, 4.69) is 27.5 Å². The van der Waals surface area contributed by atoms with E-state index in [0.717, 1.165) is 18.2 Å². The van der Waals surface area contributed by atoms with E-state index in [1.807, 2.05) is 11.0 Å². The van der Waals surface area contributed by atoms with Gasteiger partial charge in [-0.1, -0.05) is 19.1 Å². The Labute approximate surface area is 160 Å². The van der Waals surface area contributed by atoms with Crippen molar-refractivity contribution in [2.75, 3.05) is 6.54 Å². The Bertz CT molecular complexity index is 831. The summed E-state index contributed by atoms with van der Waals surface area (Å²) >= 11 is 0. The molecule has 1 aromatic rings. The second-order valence-electron chi connectivity index (χ2n) is 6.42. The zero-order chi connectivity index (χ0) is 20.5. The summed E-state index contributed by atoms with van der Waals surface area (Å²) in [7, 11) is 0. The Morgan fingerprint density at radius 2 is 2.11 bits per heavy atom. The Morgan fingerprint density at radius 3 is 2.71 bits per heavy atom. The Balaban J connectivity index is 1.63. The van der Waals surface area contributed by atoms with Gasteiger partial charge in [0.05, 0.1) is 17.6 Å². The minimum Gasteiger partial charge on any atom is -0.397 e. The quantitative estimate of drug-likeness (QED) is 0.728. The van der Waals surface area contributed by atoms with Gasteiger partial charge in [-0.15, -0.1) is 13.2 Å². The average molecular weight is 393 g/mol. The van der Waals surface area contributed by atoms with E-state index in [0.29, 0.717) is 12.2 Å². The van der Waals surface area contributed by atoms with Gasteiger partial charge in [0.2, 0.25) is 5.91 Å². The number of nitrogens with zero attached hydrogens (tertiary/aromatic N) is 1.